The number of aryl methyl sites for hydroxylation is 1. The molecule has 0 radical (unpaired) electrons. The Kier molecular flexibility index (Phi) is 6.62. The predicted octanol–water partition coefficient (Wildman–Crippen LogP) is 7.25. The van der Waals surface area contributed by atoms with Crippen molar-refractivity contribution in [2.45, 2.75) is 124 Å². The summed E-state index contributed by atoms with van der Waals surface area (Å²) < 4.78 is 12.5. The Morgan fingerprint density at radius 1 is 1.24 bits per heavy atom. The molecule has 3 saturated carbocycles. The highest BCUT2D eigenvalue weighted by Crippen LogP contribution is 2.69. The summed E-state index contributed by atoms with van der Waals surface area (Å²) in [5.41, 5.74) is 2.27. The minimum Gasteiger partial charge on any atom is -0.462 e. The van der Waals surface area contributed by atoms with Crippen LogP contribution < -0.4 is 0 Å². The predicted molar refractivity (Wildman–Crippen MR) is 146 cm³/mol. The van der Waals surface area contributed by atoms with E-state index < -0.39 is 0 Å². The summed E-state index contributed by atoms with van der Waals surface area (Å²) in [6, 6.07) is 0. The van der Waals surface area contributed by atoms with Crippen LogP contribution in [0.15, 0.2) is 11.6 Å². The van der Waals surface area contributed by atoms with Gasteiger partial charge in [0.2, 0.25) is 0 Å². The van der Waals surface area contributed by atoms with Crippen molar-refractivity contribution in [3.05, 3.63) is 21.7 Å². The Balaban J connectivity index is 1.14. The number of carbonyl (C=O) groups is 1. The van der Waals surface area contributed by atoms with Crippen molar-refractivity contribution in [1.29, 1.82) is 0 Å². The number of rotatable bonds is 5. The molecule has 6 rings (SSSR count). The van der Waals surface area contributed by atoms with Gasteiger partial charge in [-0.3, -0.25) is 4.79 Å². The minimum atomic E-state index is -0.133. The Hall–Kier alpha value is -1.27. The highest BCUT2D eigenvalue weighted by molar-refractivity contribution is 7.11. The van der Waals surface area contributed by atoms with Crippen LogP contribution in [-0.4, -0.2) is 34.5 Å². The maximum atomic E-state index is 11.6. The van der Waals surface area contributed by atoms with Gasteiger partial charge in [-0.15, -0.1) is 21.5 Å². The fraction of sp³-hybridized carbons (Fsp3) is 0.839. The summed E-state index contributed by atoms with van der Waals surface area (Å²) in [4.78, 5) is 11.6. The average molecular weight is 527 g/mol. The molecule has 4 aliphatic carbocycles. The first kappa shape index (κ1) is 26.0. The van der Waals surface area contributed by atoms with Crippen molar-refractivity contribution >= 4 is 17.3 Å². The molecule has 37 heavy (non-hydrogen) atoms. The SMILES string of the molecule is CC(=O)O[C@H]1CC[C@@]2(C)C(=CC[C@H]3[C@@H]4C[C@@H]5O[C@H](CC[C@@H](C)c6nnc(C)s6)[C@@H](C)[C@@H]5[C@@]4(C)CC[C@@H]32)C1. The molecular weight excluding hydrogens is 480 g/mol. The zero-order valence-corrected chi connectivity index (χ0v) is 24.5. The molecule has 0 spiro atoms. The van der Waals surface area contributed by atoms with E-state index in [9.17, 15) is 4.79 Å². The number of aromatic nitrogens is 2. The van der Waals surface area contributed by atoms with Gasteiger partial charge in [0.1, 0.15) is 16.1 Å². The van der Waals surface area contributed by atoms with Crippen molar-refractivity contribution in [3.8, 4) is 0 Å². The van der Waals surface area contributed by atoms with Crippen LogP contribution in [0.25, 0.3) is 0 Å². The van der Waals surface area contributed by atoms with Gasteiger partial charge in [0, 0.05) is 19.3 Å². The molecule has 0 N–H and O–H groups in total. The first-order valence-corrected chi connectivity index (χ1v) is 15.7. The number of allylic oxidation sites excluding steroid dienone is 1. The maximum absolute atomic E-state index is 11.6. The van der Waals surface area contributed by atoms with Gasteiger partial charge in [-0.1, -0.05) is 39.3 Å². The Morgan fingerprint density at radius 2 is 2.05 bits per heavy atom. The first-order chi connectivity index (χ1) is 17.6. The third-order valence-electron chi connectivity index (χ3n) is 11.8. The lowest BCUT2D eigenvalue weighted by atomic mass is 9.47. The smallest absolute Gasteiger partial charge is 0.302 e. The van der Waals surface area contributed by atoms with Gasteiger partial charge in [-0.05, 0) is 98.7 Å². The van der Waals surface area contributed by atoms with Crippen LogP contribution in [0.3, 0.4) is 0 Å². The van der Waals surface area contributed by atoms with E-state index in [-0.39, 0.29) is 17.5 Å². The summed E-state index contributed by atoms with van der Waals surface area (Å²) in [5, 5.41) is 10.9. The second-order valence-electron chi connectivity index (χ2n) is 13.7. The molecule has 1 aromatic rings. The van der Waals surface area contributed by atoms with Crippen molar-refractivity contribution in [2.24, 2.45) is 40.4 Å². The lowest BCUT2D eigenvalue weighted by Gasteiger charge is -2.58. The van der Waals surface area contributed by atoms with Gasteiger partial charge in [0.15, 0.2) is 0 Å². The normalized spacial score (nSPS) is 45.3. The fourth-order valence-electron chi connectivity index (χ4n) is 10.0. The molecule has 1 saturated heterocycles. The van der Waals surface area contributed by atoms with E-state index in [4.69, 9.17) is 9.47 Å². The molecule has 4 fully saturated rings. The van der Waals surface area contributed by atoms with Crippen molar-refractivity contribution < 1.29 is 14.3 Å². The highest BCUT2D eigenvalue weighted by Gasteiger charge is 2.65. The standard InChI is InChI=1S/C31H46N2O3S/c1-17(29-33-32-19(3)37-29)7-10-26-18(2)28-27(36-26)16-25-23-9-8-21-15-22(35-20(4)34)11-13-30(21,5)24(23)12-14-31(25,28)6/h8,17-18,22-28H,7,9-16H2,1-6H3/t17-,18-,22+,23-,24+,25+,26-,27+,28+,30+,31+/m1/s1. The molecule has 5 nitrogen and oxygen atoms in total. The fourth-order valence-corrected chi connectivity index (χ4v) is 10.8. The molecular formula is C31H46N2O3S. The number of esters is 1. The van der Waals surface area contributed by atoms with Gasteiger partial charge in [0.25, 0.3) is 0 Å². The summed E-state index contributed by atoms with van der Waals surface area (Å²) in [6.45, 7) is 13.5. The molecule has 5 aliphatic rings. The van der Waals surface area contributed by atoms with Crippen molar-refractivity contribution in [2.75, 3.05) is 0 Å². The third kappa shape index (κ3) is 4.23. The minimum absolute atomic E-state index is 0.0813. The molecule has 0 unspecified atom stereocenters. The summed E-state index contributed by atoms with van der Waals surface area (Å²) in [5.74, 6) is 3.97. The molecule has 1 aromatic heterocycles. The Labute approximate surface area is 227 Å². The molecule has 0 amide bonds. The van der Waals surface area contributed by atoms with Gasteiger partial charge in [-0.2, -0.15) is 0 Å². The van der Waals surface area contributed by atoms with E-state index in [0.29, 0.717) is 35.4 Å². The van der Waals surface area contributed by atoms with Gasteiger partial charge in [-0.25, -0.2) is 0 Å². The monoisotopic (exact) mass is 526 g/mol. The van der Waals surface area contributed by atoms with Crippen molar-refractivity contribution in [1.82, 2.24) is 10.2 Å². The highest BCUT2D eigenvalue weighted by atomic mass is 32.1. The third-order valence-corrected chi connectivity index (χ3v) is 12.9. The molecule has 6 heteroatoms. The molecule has 2 heterocycles. The summed E-state index contributed by atoms with van der Waals surface area (Å²) in [7, 11) is 0. The van der Waals surface area contributed by atoms with Crippen LogP contribution in [0, 0.1) is 47.3 Å². The van der Waals surface area contributed by atoms with Crippen LogP contribution in [0.4, 0.5) is 0 Å². The lowest BCUT2D eigenvalue weighted by molar-refractivity contribution is -0.148. The number of ether oxygens (including phenoxy) is 2. The lowest BCUT2D eigenvalue weighted by Crippen LogP contribution is -2.51. The topological polar surface area (TPSA) is 61.3 Å². The molecule has 11 atom stereocenters. The van der Waals surface area contributed by atoms with Crippen LogP contribution >= 0.6 is 11.3 Å². The largest absolute Gasteiger partial charge is 0.462 e. The molecule has 1 aliphatic heterocycles. The van der Waals surface area contributed by atoms with E-state index in [1.165, 1.54) is 30.7 Å². The van der Waals surface area contributed by atoms with E-state index in [2.05, 4.69) is 44.0 Å². The van der Waals surface area contributed by atoms with E-state index in [0.717, 1.165) is 54.9 Å². The second-order valence-corrected chi connectivity index (χ2v) is 15.0. The maximum Gasteiger partial charge on any atom is 0.302 e. The quantitative estimate of drug-likeness (QED) is 0.299. The van der Waals surface area contributed by atoms with Crippen LogP contribution in [0.2, 0.25) is 0 Å². The number of fused-ring (bicyclic) bond motifs is 7. The van der Waals surface area contributed by atoms with E-state index >= 15 is 0 Å². The summed E-state index contributed by atoms with van der Waals surface area (Å²) >= 11 is 1.74. The number of nitrogens with zero attached hydrogens (tertiary/aromatic N) is 2. The number of hydrogen-bond acceptors (Lipinski definition) is 6. The zero-order chi connectivity index (χ0) is 26.1. The van der Waals surface area contributed by atoms with Gasteiger partial charge in [0.05, 0.1) is 12.2 Å². The molecule has 0 aromatic carbocycles. The second kappa shape index (κ2) is 9.43. The van der Waals surface area contributed by atoms with E-state index in [1.54, 1.807) is 23.8 Å². The van der Waals surface area contributed by atoms with Gasteiger partial charge < -0.3 is 9.47 Å². The molecule has 204 valence electrons. The van der Waals surface area contributed by atoms with Crippen molar-refractivity contribution in [3.63, 3.8) is 0 Å². The van der Waals surface area contributed by atoms with Crippen LogP contribution in [-0.2, 0) is 14.3 Å². The summed E-state index contributed by atoms with van der Waals surface area (Å²) in [6.07, 6.45) is 14.0. The van der Waals surface area contributed by atoms with E-state index in [1.807, 2.05) is 6.92 Å². The Bertz CT molecular complexity index is 1070. The Morgan fingerprint density at radius 3 is 2.78 bits per heavy atom. The first-order valence-electron chi connectivity index (χ1n) is 14.9. The molecule has 0 bridgehead atoms. The van der Waals surface area contributed by atoms with Gasteiger partial charge >= 0.3 is 5.97 Å². The van der Waals surface area contributed by atoms with Crippen LogP contribution in [0.5, 0.6) is 0 Å². The zero-order valence-electron chi connectivity index (χ0n) is 23.7. The number of carbonyl (C=O) groups excluding carboxylic acids is 1. The number of hydrogen-bond donors (Lipinski definition) is 0. The average Bonchev–Trinajstić information content (AvgIpc) is 3.50. The van der Waals surface area contributed by atoms with Crippen LogP contribution in [0.1, 0.15) is 108 Å².